The maximum Gasteiger partial charge on any atom is 0.345 e. The van der Waals surface area contributed by atoms with E-state index in [0.717, 1.165) is 9.87 Å². The number of hydrogen-bond acceptors (Lipinski definition) is 4. The zero-order chi connectivity index (χ0) is 20.5. The fourth-order valence-electron chi connectivity index (χ4n) is 2.64. The fraction of sp³-hybridized carbons (Fsp3) is 0.150. The van der Waals surface area contributed by atoms with Gasteiger partial charge in [0.15, 0.2) is 5.78 Å². The van der Waals surface area contributed by atoms with Crippen molar-refractivity contribution in [2.75, 3.05) is 12.4 Å². The van der Waals surface area contributed by atoms with Crippen LogP contribution in [0.15, 0.2) is 64.7 Å². The van der Waals surface area contributed by atoms with Crippen LogP contribution in [0.1, 0.15) is 28.4 Å². The van der Waals surface area contributed by atoms with Crippen molar-refractivity contribution in [3.8, 4) is 0 Å². The van der Waals surface area contributed by atoms with Gasteiger partial charge in [-0.2, -0.15) is 8.42 Å². The first-order valence-corrected chi connectivity index (χ1v) is 9.87. The van der Waals surface area contributed by atoms with Crippen molar-refractivity contribution in [3.05, 3.63) is 77.0 Å². The number of amides is 1. The lowest BCUT2D eigenvalue weighted by Crippen LogP contribution is -2.35. The van der Waals surface area contributed by atoms with Gasteiger partial charge in [-0.1, -0.05) is 42.0 Å². The van der Waals surface area contributed by atoms with E-state index >= 15 is 0 Å². The van der Waals surface area contributed by atoms with E-state index in [1.165, 1.54) is 26.1 Å². The van der Waals surface area contributed by atoms with Crippen LogP contribution in [0.3, 0.4) is 0 Å². The van der Waals surface area contributed by atoms with Crippen LogP contribution >= 0.6 is 0 Å². The molecule has 3 rings (SSSR count). The van der Waals surface area contributed by atoms with Gasteiger partial charge in [0.1, 0.15) is 5.70 Å². The molecule has 0 atom stereocenters. The molecule has 1 aliphatic heterocycles. The zero-order valence-electron chi connectivity index (χ0n) is 15.6. The number of Topliss-reactive ketones (excluding diaryl/α,β-unsaturated/α-hetero) is 1. The predicted octanol–water partition coefficient (Wildman–Crippen LogP) is 2.70. The van der Waals surface area contributed by atoms with Crippen LogP contribution < -0.4 is 5.32 Å². The summed E-state index contributed by atoms with van der Waals surface area (Å²) in [6.07, 6.45) is 1.43. The molecule has 0 bridgehead atoms. The number of nitrogens with zero attached hydrogens (tertiary/aromatic N) is 2. The quantitative estimate of drug-likeness (QED) is 0.803. The molecule has 0 unspecified atom stereocenters. The summed E-state index contributed by atoms with van der Waals surface area (Å²) in [5.41, 5.74) is 2.56. The Kier molecular flexibility index (Phi) is 5.15. The van der Waals surface area contributed by atoms with Crippen molar-refractivity contribution in [3.63, 3.8) is 0 Å². The number of rotatable bonds is 4. The SMILES string of the molecule is CC(=O)c1cccc(NC(=O)C2=CC(c3ccc(C)cc3)=NS(=O)(=O)N2C)c1. The Morgan fingerprint density at radius 1 is 1.07 bits per heavy atom. The molecule has 2 aromatic carbocycles. The molecule has 0 saturated heterocycles. The Hall–Kier alpha value is -3.26. The number of allylic oxidation sites excluding steroid dienone is 1. The Bertz CT molecular complexity index is 1120. The summed E-state index contributed by atoms with van der Waals surface area (Å²) in [7, 11) is -2.77. The van der Waals surface area contributed by atoms with Gasteiger partial charge in [0, 0.05) is 23.9 Å². The highest BCUT2D eigenvalue weighted by Crippen LogP contribution is 2.21. The molecule has 1 aliphatic rings. The topological polar surface area (TPSA) is 95.9 Å². The van der Waals surface area contributed by atoms with Crippen molar-refractivity contribution in [2.24, 2.45) is 4.40 Å². The van der Waals surface area contributed by atoms with Gasteiger partial charge >= 0.3 is 10.2 Å². The van der Waals surface area contributed by atoms with E-state index in [1.807, 2.05) is 19.1 Å². The molecular weight excluding hydrogens is 378 g/mol. The fourth-order valence-corrected chi connectivity index (χ4v) is 3.55. The number of carbonyl (C=O) groups excluding carboxylic acids is 2. The normalized spacial score (nSPS) is 15.5. The highest BCUT2D eigenvalue weighted by Gasteiger charge is 2.30. The molecule has 7 nitrogen and oxygen atoms in total. The van der Waals surface area contributed by atoms with Gasteiger partial charge in [-0.15, -0.1) is 4.40 Å². The first kappa shape index (κ1) is 19.5. The second-order valence-corrected chi connectivity index (χ2v) is 8.03. The van der Waals surface area contributed by atoms with Crippen LogP contribution in [0.5, 0.6) is 0 Å². The van der Waals surface area contributed by atoms with Crippen LogP contribution in [0, 0.1) is 6.92 Å². The van der Waals surface area contributed by atoms with E-state index in [4.69, 9.17) is 0 Å². The van der Waals surface area contributed by atoms with E-state index in [9.17, 15) is 18.0 Å². The average molecular weight is 397 g/mol. The number of nitrogens with one attached hydrogen (secondary N) is 1. The van der Waals surface area contributed by atoms with Gasteiger partial charge in [0.2, 0.25) is 0 Å². The van der Waals surface area contributed by atoms with Crippen molar-refractivity contribution in [1.82, 2.24) is 4.31 Å². The van der Waals surface area contributed by atoms with Crippen molar-refractivity contribution >= 4 is 33.3 Å². The van der Waals surface area contributed by atoms with Gasteiger partial charge in [0.05, 0.1) is 5.71 Å². The minimum atomic E-state index is -4.04. The van der Waals surface area contributed by atoms with E-state index in [1.54, 1.807) is 30.3 Å². The lowest BCUT2D eigenvalue weighted by atomic mass is 10.1. The van der Waals surface area contributed by atoms with Crippen molar-refractivity contribution in [1.29, 1.82) is 0 Å². The Balaban J connectivity index is 1.95. The molecule has 0 aromatic heterocycles. The number of anilines is 1. The third kappa shape index (κ3) is 4.01. The number of likely N-dealkylation sites (N-methyl/N-ethyl adjacent to an activating group) is 1. The molecule has 1 N–H and O–H groups in total. The molecule has 1 amide bonds. The highest BCUT2D eigenvalue weighted by molar-refractivity contribution is 7.88. The van der Waals surface area contributed by atoms with E-state index < -0.39 is 16.1 Å². The van der Waals surface area contributed by atoms with Crippen molar-refractivity contribution < 1.29 is 18.0 Å². The summed E-state index contributed by atoms with van der Waals surface area (Å²) >= 11 is 0. The first-order valence-electron chi connectivity index (χ1n) is 8.47. The van der Waals surface area contributed by atoms with E-state index in [0.29, 0.717) is 16.8 Å². The number of ketones is 1. The Labute approximate surface area is 163 Å². The molecular formula is C20H19N3O4S. The van der Waals surface area contributed by atoms with Gasteiger partial charge < -0.3 is 5.32 Å². The van der Waals surface area contributed by atoms with Gasteiger partial charge in [-0.05, 0) is 32.1 Å². The minimum absolute atomic E-state index is 0.0706. The lowest BCUT2D eigenvalue weighted by Gasteiger charge is -2.23. The summed E-state index contributed by atoms with van der Waals surface area (Å²) in [5, 5.41) is 2.64. The Morgan fingerprint density at radius 2 is 1.75 bits per heavy atom. The van der Waals surface area contributed by atoms with Gasteiger partial charge in [-0.3, -0.25) is 9.59 Å². The van der Waals surface area contributed by atoms with Crippen LogP contribution in [0.2, 0.25) is 0 Å². The lowest BCUT2D eigenvalue weighted by molar-refractivity contribution is -0.113. The van der Waals surface area contributed by atoms with E-state index in [-0.39, 0.29) is 17.2 Å². The van der Waals surface area contributed by atoms with Crippen molar-refractivity contribution in [2.45, 2.75) is 13.8 Å². The van der Waals surface area contributed by atoms with Crippen LogP contribution in [-0.2, 0) is 15.0 Å². The van der Waals surface area contributed by atoms with Gasteiger partial charge in [0.25, 0.3) is 5.91 Å². The van der Waals surface area contributed by atoms with Crippen LogP contribution in [-0.4, -0.2) is 37.2 Å². The minimum Gasteiger partial charge on any atom is -0.321 e. The summed E-state index contributed by atoms with van der Waals surface area (Å²) < 4.78 is 29.4. The monoisotopic (exact) mass is 397 g/mol. The summed E-state index contributed by atoms with van der Waals surface area (Å²) in [5.74, 6) is -0.757. The molecule has 0 aliphatic carbocycles. The smallest absolute Gasteiger partial charge is 0.321 e. The molecule has 0 radical (unpaired) electrons. The standard InChI is InChI=1S/C20H19N3O4S/c1-13-7-9-15(10-8-13)18-12-19(23(3)28(26,27)22-18)20(25)21-17-6-4-5-16(11-17)14(2)24/h4-12H,1-3H3,(H,21,25). The molecule has 28 heavy (non-hydrogen) atoms. The van der Waals surface area contributed by atoms with Gasteiger partial charge in [-0.25, -0.2) is 4.31 Å². The average Bonchev–Trinajstić information content (AvgIpc) is 2.64. The Morgan fingerprint density at radius 3 is 2.39 bits per heavy atom. The predicted molar refractivity (Wildman–Crippen MR) is 108 cm³/mol. The van der Waals surface area contributed by atoms with Crippen LogP contribution in [0.4, 0.5) is 5.69 Å². The summed E-state index contributed by atoms with van der Waals surface area (Å²) in [6, 6.07) is 13.6. The summed E-state index contributed by atoms with van der Waals surface area (Å²) in [6.45, 7) is 3.34. The third-order valence-electron chi connectivity index (χ3n) is 4.28. The largest absolute Gasteiger partial charge is 0.345 e. The molecule has 0 fully saturated rings. The maximum absolute atomic E-state index is 12.8. The van der Waals surface area contributed by atoms with Crippen LogP contribution in [0.25, 0.3) is 0 Å². The molecule has 8 heteroatoms. The number of aryl methyl sites for hydroxylation is 1. The second kappa shape index (κ2) is 7.40. The molecule has 1 heterocycles. The zero-order valence-corrected chi connectivity index (χ0v) is 16.4. The molecule has 0 saturated carbocycles. The van der Waals surface area contributed by atoms with E-state index in [2.05, 4.69) is 9.71 Å². The molecule has 0 spiro atoms. The molecule has 144 valence electrons. The number of carbonyl (C=O) groups is 2. The maximum atomic E-state index is 12.8. The first-order chi connectivity index (χ1) is 13.2. The number of hydrogen-bond donors (Lipinski definition) is 1. The highest BCUT2D eigenvalue weighted by atomic mass is 32.2. The third-order valence-corrected chi connectivity index (χ3v) is 5.60. The summed E-state index contributed by atoms with van der Waals surface area (Å²) in [4.78, 5) is 24.3. The number of benzene rings is 2. The second-order valence-electron chi connectivity index (χ2n) is 6.41. The molecule has 2 aromatic rings.